The summed E-state index contributed by atoms with van der Waals surface area (Å²) in [5, 5.41) is 11.5. The van der Waals surface area contributed by atoms with E-state index in [-0.39, 0.29) is 16.9 Å². The average molecular weight is 264 g/mol. The van der Waals surface area contributed by atoms with Gasteiger partial charge in [-0.3, -0.25) is 0 Å². The molecule has 0 spiro atoms. The first-order valence-corrected chi connectivity index (χ1v) is 5.32. The topological polar surface area (TPSA) is 75.4 Å². The first-order valence-electron chi connectivity index (χ1n) is 5.32. The summed E-state index contributed by atoms with van der Waals surface area (Å²) in [5.41, 5.74) is 6.25. The summed E-state index contributed by atoms with van der Waals surface area (Å²) in [6.45, 7) is 0. The van der Waals surface area contributed by atoms with Gasteiger partial charge < -0.3 is 16.2 Å². The van der Waals surface area contributed by atoms with Gasteiger partial charge in [-0.05, 0) is 30.3 Å². The molecule has 0 atom stereocenters. The summed E-state index contributed by atoms with van der Waals surface area (Å²) in [5.74, 6) is -2.55. The number of hydrogen-bond acceptors (Lipinski definition) is 3. The second kappa shape index (κ2) is 4.93. The molecular weight excluding hydrogens is 254 g/mol. The molecule has 4 N–H and O–H groups in total. The van der Waals surface area contributed by atoms with Crippen LogP contribution in [0.3, 0.4) is 0 Å². The Morgan fingerprint density at radius 3 is 2.37 bits per heavy atom. The number of rotatable bonds is 3. The molecule has 0 aliphatic heterocycles. The van der Waals surface area contributed by atoms with Crippen molar-refractivity contribution < 1.29 is 18.7 Å². The van der Waals surface area contributed by atoms with Gasteiger partial charge in [-0.15, -0.1) is 0 Å². The molecule has 0 aliphatic carbocycles. The maximum atomic E-state index is 13.4. The molecule has 4 nitrogen and oxygen atoms in total. The van der Waals surface area contributed by atoms with Crippen LogP contribution >= 0.6 is 0 Å². The number of anilines is 3. The Morgan fingerprint density at radius 2 is 1.79 bits per heavy atom. The molecule has 2 aromatic carbocycles. The molecule has 0 aliphatic rings. The van der Waals surface area contributed by atoms with Crippen molar-refractivity contribution in [1.82, 2.24) is 0 Å². The van der Waals surface area contributed by atoms with E-state index in [1.165, 1.54) is 24.3 Å². The van der Waals surface area contributed by atoms with E-state index in [9.17, 15) is 13.6 Å². The van der Waals surface area contributed by atoms with E-state index >= 15 is 0 Å². The van der Waals surface area contributed by atoms with Crippen molar-refractivity contribution in [2.75, 3.05) is 11.1 Å². The van der Waals surface area contributed by atoms with Crippen molar-refractivity contribution in [3.63, 3.8) is 0 Å². The van der Waals surface area contributed by atoms with Crippen LogP contribution in [0.4, 0.5) is 25.8 Å². The van der Waals surface area contributed by atoms with Gasteiger partial charge >= 0.3 is 5.97 Å². The maximum Gasteiger partial charge on any atom is 0.335 e. The first-order chi connectivity index (χ1) is 8.97. The number of nitrogens with two attached hydrogens (primary N) is 1. The minimum Gasteiger partial charge on any atom is -0.478 e. The highest BCUT2D eigenvalue weighted by Gasteiger charge is 2.09. The quantitative estimate of drug-likeness (QED) is 0.745. The van der Waals surface area contributed by atoms with E-state index in [2.05, 4.69) is 5.32 Å². The molecule has 0 radical (unpaired) electrons. The van der Waals surface area contributed by atoms with Crippen molar-refractivity contribution in [3.05, 3.63) is 53.6 Å². The molecule has 2 rings (SSSR count). The molecule has 2 aromatic rings. The third-order valence-corrected chi connectivity index (χ3v) is 2.50. The Labute approximate surface area is 107 Å². The summed E-state index contributed by atoms with van der Waals surface area (Å²) in [4.78, 5) is 10.7. The van der Waals surface area contributed by atoms with Crippen molar-refractivity contribution in [2.24, 2.45) is 0 Å². The van der Waals surface area contributed by atoms with Crippen LogP contribution < -0.4 is 11.1 Å². The maximum absolute atomic E-state index is 13.4. The van der Waals surface area contributed by atoms with Crippen LogP contribution in [0.1, 0.15) is 10.4 Å². The van der Waals surface area contributed by atoms with Crippen molar-refractivity contribution in [3.8, 4) is 0 Å². The smallest absolute Gasteiger partial charge is 0.335 e. The summed E-state index contributed by atoms with van der Waals surface area (Å²) in [7, 11) is 0. The monoisotopic (exact) mass is 264 g/mol. The number of carboxylic acids is 1. The Kier molecular flexibility index (Phi) is 3.33. The van der Waals surface area contributed by atoms with Gasteiger partial charge in [-0.25, -0.2) is 13.6 Å². The summed E-state index contributed by atoms with van der Waals surface area (Å²) < 4.78 is 26.2. The van der Waals surface area contributed by atoms with Crippen LogP contribution in [0.5, 0.6) is 0 Å². The minimum atomic E-state index is -1.11. The fourth-order valence-electron chi connectivity index (χ4n) is 1.55. The highest BCUT2D eigenvalue weighted by atomic mass is 19.1. The zero-order chi connectivity index (χ0) is 14.0. The van der Waals surface area contributed by atoms with Crippen LogP contribution in [-0.4, -0.2) is 11.1 Å². The van der Waals surface area contributed by atoms with E-state index in [1.54, 1.807) is 0 Å². The SMILES string of the molecule is Nc1cc(C(=O)O)ccc1Nc1ccc(F)cc1F. The highest BCUT2D eigenvalue weighted by molar-refractivity contribution is 5.90. The summed E-state index contributed by atoms with van der Waals surface area (Å²) >= 11 is 0. The molecule has 0 saturated heterocycles. The fourth-order valence-corrected chi connectivity index (χ4v) is 1.55. The molecule has 0 saturated carbocycles. The number of halogens is 2. The molecule has 0 bridgehead atoms. The Bertz CT molecular complexity index is 645. The standard InChI is InChI=1S/C13H10F2N2O2/c14-8-2-4-11(9(15)6-8)17-12-3-1-7(13(18)19)5-10(12)16/h1-6,17H,16H2,(H,18,19). The summed E-state index contributed by atoms with van der Waals surface area (Å²) in [6.07, 6.45) is 0. The lowest BCUT2D eigenvalue weighted by Gasteiger charge is -2.10. The van der Waals surface area contributed by atoms with Gasteiger partial charge in [-0.2, -0.15) is 0 Å². The van der Waals surface area contributed by atoms with E-state index in [0.29, 0.717) is 5.69 Å². The molecule has 0 aromatic heterocycles. The number of aromatic carboxylic acids is 1. The molecule has 0 heterocycles. The van der Waals surface area contributed by atoms with E-state index < -0.39 is 17.6 Å². The number of nitrogens with one attached hydrogen (secondary N) is 1. The Balaban J connectivity index is 2.31. The molecular formula is C13H10F2N2O2. The fraction of sp³-hybridized carbons (Fsp3) is 0. The van der Waals surface area contributed by atoms with Crippen LogP contribution in [0, 0.1) is 11.6 Å². The molecule has 0 amide bonds. The molecule has 0 unspecified atom stereocenters. The van der Waals surface area contributed by atoms with Crippen LogP contribution in [0.15, 0.2) is 36.4 Å². The normalized spacial score (nSPS) is 10.2. The van der Waals surface area contributed by atoms with Crippen LogP contribution in [-0.2, 0) is 0 Å². The number of benzene rings is 2. The predicted octanol–water partition coefficient (Wildman–Crippen LogP) is 2.99. The van der Waals surface area contributed by atoms with Crippen LogP contribution in [0.25, 0.3) is 0 Å². The first kappa shape index (κ1) is 12.8. The number of hydrogen-bond donors (Lipinski definition) is 3. The highest BCUT2D eigenvalue weighted by Crippen LogP contribution is 2.26. The third-order valence-electron chi connectivity index (χ3n) is 2.50. The van der Waals surface area contributed by atoms with Gasteiger partial charge in [-0.1, -0.05) is 0 Å². The van der Waals surface area contributed by atoms with Gasteiger partial charge in [0.25, 0.3) is 0 Å². The van der Waals surface area contributed by atoms with Gasteiger partial charge in [0, 0.05) is 6.07 Å². The lowest BCUT2D eigenvalue weighted by atomic mass is 10.1. The van der Waals surface area contributed by atoms with Gasteiger partial charge in [0.05, 0.1) is 22.6 Å². The molecule has 0 fully saturated rings. The second-order valence-corrected chi connectivity index (χ2v) is 3.86. The number of carboxylic acid groups (broad SMARTS) is 1. The Hall–Kier alpha value is -2.63. The molecule has 98 valence electrons. The van der Waals surface area contributed by atoms with Crippen molar-refractivity contribution in [2.45, 2.75) is 0 Å². The summed E-state index contributed by atoms with van der Waals surface area (Å²) in [6, 6.07) is 7.09. The van der Waals surface area contributed by atoms with Crippen LogP contribution in [0.2, 0.25) is 0 Å². The lowest BCUT2D eigenvalue weighted by molar-refractivity contribution is 0.0697. The average Bonchev–Trinajstić information content (AvgIpc) is 2.34. The zero-order valence-corrected chi connectivity index (χ0v) is 9.65. The molecule has 19 heavy (non-hydrogen) atoms. The minimum absolute atomic E-state index is 0.0302. The second-order valence-electron chi connectivity index (χ2n) is 3.86. The number of nitrogen functional groups attached to an aromatic ring is 1. The number of carbonyl (C=O) groups is 1. The van der Waals surface area contributed by atoms with E-state index in [0.717, 1.165) is 12.1 Å². The van der Waals surface area contributed by atoms with E-state index in [4.69, 9.17) is 10.8 Å². The lowest BCUT2D eigenvalue weighted by Crippen LogP contribution is -2.02. The zero-order valence-electron chi connectivity index (χ0n) is 9.65. The van der Waals surface area contributed by atoms with Crippen molar-refractivity contribution in [1.29, 1.82) is 0 Å². The van der Waals surface area contributed by atoms with Gasteiger partial charge in [0.2, 0.25) is 0 Å². The molecule has 6 heteroatoms. The Morgan fingerprint density at radius 1 is 1.11 bits per heavy atom. The van der Waals surface area contributed by atoms with Gasteiger partial charge in [0.15, 0.2) is 0 Å². The van der Waals surface area contributed by atoms with Gasteiger partial charge in [0.1, 0.15) is 11.6 Å². The third kappa shape index (κ3) is 2.79. The van der Waals surface area contributed by atoms with E-state index in [1.807, 2.05) is 0 Å². The van der Waals surface area contributed by atoms with Crippen molar-refractivity contribution >= 4 is 23.0 Å². The largest absolute Gasteiger partial charge is 0.478 e. The predicted molar refractivity (Wildman–Crippen MR) is 67.5 cm³/mol.